The number of hydrogen-bond acceptors (Lipinski definition) is 6. The van der Waals surface area contributed by atoms with Crippen LogP contribution in [0.1, 0.15) is 239 Å². The van der Waals surface area contributed by atoms with Crippen LogP contribution < -0.4 is 0 Å². The zero-order chi connectivity index (χ0) is 51.4. The summed E-state index contributed by atoms with van der Waals surface area (Å²) in [7, 11) is 0. The summed E-state index contributed by atoms with van der Waals surface area (Å²) in [6.07, 6.45) is 81.7. The second-order valence-corrected chi connectivity index (χ2v) is 18.4. The van der Waals surface area contributed by atoms with Gasteiger partial charge in [0, 0.05) is 19.3 Å². The second kappa shape index (κ2) is 58.1. The summed E-state index contributed by atoms with van der Waals surface area (Å²) in [6.45, 7) is 6.31. The molecule has 0 heterocycles. The lowest BCUT2D eigenvalue weighted by atomic mass is 10.1. The van der Waals surface area contributed by atoms with Crippen LogP contribution >= 0.6 is 0 Å². The largest absolute Gasteiger partial charge is 0.462 e. The lowest BCUT2D eigenvalue weighted by Gasteiger charge is -2.18. The first-order chi connectivity index (χ1) is 35.0. The molecule has 0 aliphatic carbocycles. The van der Waals surface area contributed by atoms with E-state index < -0.39 is 6.10 Å². The number of esters is 3. The summed E-state index contributed by atoms with van der Waals surface area (Å²) in [5, 5.41) is 0. The molecule has 1 atom stereocenters. The first-order valence-corrected chi connectivity index (χ1v) is 28.7. The standard InChI is InChI=1S/C65H104O6/c1-4-7-10-13-16-19-22-25-28-31-32-35-37-40-43-46-49-52-55-58-64(67)70-61-62(71-65(68)59-56-53-50-47-44-41-38-34-30-27-24-21-18-15-12-9-6-3)60-69-63(66)57-54-51-48-45-42-39-36-33-29-26-23-20-17-14-11-8-5-2/h8-9,11-12,17-18,20-21,25-30,36,38-39,41,45,47-48,50,62H,4-7,10,13-16,19,22-24,31-35,37,40,42-44,46,49,51-61H2,1-3H3/b11-8-,12-9-,20-17-,21-18-,28-25-,29-26-,30-27-,39-36-,41-38-,48-45-,50-47-. The Morgan fingerprint density at radius 1 is 0.296 bits per heavy atom. The van der Waals surface area contributed by atoms with E-state index >= 15 is 0 Å². The topological polar surface area (TPSA) is 78.9 Å². The fourth-order valence-corrected chi connectivity index (χ4v) is 7.39. The molecule has 0 rings (SSSR count). The molecule has 0 aromatic heterocycles. The highest BCUT2D eigenvalue weighted by molar-refractivity contribution is 5.71. The normalized spacial score (nSPS) is 13.1. The number of unbranched alkanes of at least 4 members (excludes halogenated alkanes) is 17. The molecule has 6 nitrogen and oxygen atoms in total. The fraction of sp³-hybridized carbons (Fsp3) is 0.615. The number of carbonyl (C=O) groups excluding carboxylic acids is 3. The van der Waals surface area contributed by atoms with Crippen molar-refractivity contribution in [3.8, 4) is 0 Å². The highest BCUT2D eigenvalue weighted by Gasteiger charge is 2.19. The van der Waals surface area contributed by atoms with Crippen molar-refractivity contribution in [2.75, 3.05) is 13.2 Å². The first kappa shape index (κ1) is 66.6. The lowest BCUT2D eigenvalue weighted by Crippen LogP contribution is -2.30. The number of hydrogen-bond donors (Lipinski definition) is 0. The van der Waals surface area contributed by atoms with E-state index in [0.29, 0.717) is 19.3 Å². The van der Waals surface area contributed by atoms with Crippen LogP contribution in [0.4, 0.5) is 0 Å². The summed E-state index contributed by atoms with van der Waals surface area (Å²) < 4.78 is 16.8. The summed E-state index contributed by atoms with van der Waals surface area (Å²) in [5.41, 5.74) is 0. The maximum absolute atomic E-state index is 12.8. The molecular formula is C65H104O6. The Morgan fingerprint density at radius 3 is 0.930 bits per heavy atom. The van der Waals surface area contributed by atoms with Crippen LogP contribution in [0.3, 0.4) is 0 Å². The van der Waals surface area contributed by atoms with Gasteiger partial charge in [-0.2, -0.15) is 0 Å². The molecule has 0 aromatic carbocycles. The Labute approximate surface area is 436 Å². The predicted octanol–water partition coefficient (Wildman–Crippen LogP) is 19.4. The zero-order valence-corrected chi connectivity index (χ0v) is 45.7. The number of ether oxygens (including phenoxy) is 3. The molecule has 1 unspecified atom stereocenters. The lowest BCUT2D eigenvalue weighted by molar-refractivity contribution is -0.167. The SMILES string of the molecule is CC/C=C\C/C=C\C/C=C\C/C=C\C/C=C\CCCC(=O)OCC(COC(=O)CCCCCCCCCCC/C=C\CCCCCCCC)OC(=O)CCC/C=C\C/C=C\C/C=C\C/C=C\C/C=C\CC. The molecule has 0 radical (unpaired) electrons. The Balaban J connectivity index is 4.56. The molecule has 0 fully saturated rings. The monoisotopic (exact) mass is 981 g/mol. The van der Waals surface area contributed by atoms with Crippen LogP contribution in [0, 0.1) is 0 Å². The van der Waals surface area contributed by atoms with Crippen LogP contribution in [-0.2, 0) is 28.6 Å². The first-order valence-electron chi connectivity index (χ1n) is 28.7. The molecule has 400 valence electrons. The summed E-state index contributed by atoms with van der Waals surface area (Å²) in [6, 6.07) is 0. The van der Waals surface area contributed by atoms with Gasteiger partial charge in [-0.1, -0.05) is 231 Å². The average Bonchev–Trinajstić information content (AvgIpc) is 3.37. The average molecular weight is 982 g/mol. The van der Waals surface area contributed by atoms with E-state index in [1.54, 1.807) is 0 Å². The van der Waals surface area contributed by atoms with Gasteiger partial charge in [-0.15, -0.1) is 0 Å². The molecule has 0 N–H and O–H groups in total. The number of carbonyl (C=O) groups is 3. The van der Waals surface area contributed by atoms with E-state index in [-0.39, 0.29) is 44.0 Å². The van der Waals surface area contributed by atoms with Crippen molar-refractivity contribution in [1.82, 2.24) is 0 Å². The molecule has 0 aromatic rings. The Kier molecular flexibility index (Phi) is 54.5. The third-order valence-electron chi connectivity index (χ3n) is 11.6. The Morgan fingerprint density at radius 2 is 0.563 bits per heavy atom. The maximum Gasteiger partial charge on any atom is 0.306 e. The quantitative estimate of drug-likeness (QED) is 0.0262. The number of rotatable bonds is 50. The fourth-order valence-electron chi connectivity index (χ4n) is 7.39. The van der Waals surface area contributed by atoms with E-state index in [0.717, 1.165) is 96.3 Å². The van der Waals surface area contributed by atoms with Gasteiger partial charge in [0.2, 0.25) is 0 Å². The zero-order valence-electron chi connectivity index (χ0n) is 45.7. The molecular weight excluding hydrogens is 877 g/mol. The van der Waals surface area contributed by atoms with Gasteiger partial charge >= 0.3 is 17.9 Å². The van der Waals surface area contributed by atoms with Crippen LogP contribution in [0.15, 0.2) is 134 Å². The molecule has 0 saturated carbocycles. The van der Waals surface area contributed by atoms with Crippen molar-refractivity contribution in [3.63, 3.8) is 0 Å². The van der Waals surface area contributed by atoms with Crippen molar-refractivity contribution < 1.29 is 28.6 Å². The highest BCUT2D eigenvalue weighted by atomic mass is 16.6. The van der Waals surface area contributed by atoms with Gasteiger partial charge in [-0.25, -0.2) is 0 Å². The van der Waals surface area contributed by atoms with Gasteiger partial charge in [-0.3, -0.25) is 14.4 Å². The smallest absolute Gasteiger partial charge is 0.306 e. The van der Waals surface area contributed by atoms with Crippen LogP contribution in [-0.4, -0.2) is 37.2 Å². The molecule has 0 saturated heterocycles. The molecule has 0 aliphatic heterocycles. The van der Waals surface area contributed by atoms with Crippen molar-refractivity contribution in [1.29, 1.82) is 0 Å². The van der Waals surface area contributed by atoms with Gasteiger partial charge < -0.3 is 14.2 Å². The van der Waals surface area contributed by atoms with Gasteiger partial charge in [0.15, 0.2) is 6.10 Å². The third-order valence-corrected chi connectivity index (χ3v) is 11.6. The van der Waals surface area contributed by atoms with Crippen LogP contribution in [0.2, 0.25) is 0 Å². The van der Waals surface area contributed by atoms with E-state index in [1.807, 2.05) is 0 Å². The van der Waals surface area contributed by atoms with Crippen LogP contribution in [0.25, 0.3) is 0 Å². The minimum absolute atomic E-state index is 0.123. The van der Waals surface area contributed by atoms with E-state index in [2.05, 4.69) is 154 Å². The Hall–Kier alpha value is -4.45. The second-order valence-electron chi connectivity index (χ2n) is 18.4. The van der Waals surface area contributed by atoms with Gasteiger partial charge in [-0.05, 0) is 122 Å². The number of allylic oxidation sites excluding steroid dienone is 22. The van der Waals surface area contributed by atoms with Crippen LogP contribution in [0.5, 0.6) is 0 Å². The molecule has 0 amide bonds. The van der Waals surface area contributed by atoms with Crippen molar-refractivity contribution in [2.45, 2.75) is 245 Å². The molecule has 71 heavy (non-hydrogen) atoms. The highest BCUT2D eigenvalue weighted by Crippen LogP contribution is 2.14. The van der Waals surface area contributed by atoms with Crippen molar-refractivity contribution in [2.24, 2.45) is 0 Å². The minimum atomic E-state index is -0.837. The van der Waals surface area contributed by atoms with Gasteiger partial charge in [0.25, 0.3) is 0 Å². The maximum atomic E-state index is 12.8. The van der Waals surface area contributed by atoms with Gasteiger partial charge in [0.1, 0.15) is 13.2 Å². The molecule has 0 spiro atoms. The molecule has 0 bridgehead atoms. The summed E-state index contributed by atoms with van der Waals surface area (Å²) in [5.74, 6) is -1.05. The minimum Gasteiger partial charge on any atom is -0.462 e. The molecule has 0 aliphatic rings. The van der Waals surface area contributed by atoms with E-state index in [9.17, 15) is 14.4 Å². The summed E-state index contributed by atoms with van der Waals surface area (Å²) in [4.78, 5) is 38.1. The van der Waals surface area contributed by atoms with E-state index in [1.165, 1.54) is 89.9 Å². The molecule has 6 heteroatoms. The third kappa shape index (κ3) is 56.3. The van der Waals surface area contributed by atoms with Crippen molar-refractivity contribution >= 4 is 17.9 Å². The predicted molar refractivity (Wildman–Crippen MR) is 306 cm³/mol. The van der Waals surface area contributed by atoms with Gasteiger partial charge in [0.05, 0.1) is 0 Å². The van der Waals surface area contributed by atoms with Crippen molar-refractivity contribution in [3.05, 3.63) is 134 Å². The van der Waals surface area contributed by atoms with E-state index in [4.69, 9.17) is 14.2 Å². The summed E-state index contributed by atoms with van der Waals surface area (Å²) >= 11 is 0. The Bertz CT molecular complexity index is 1550.